The number of nitrogens with zero attached hydrogens (tertiary/aromatic N) is 3. The molecule has 0 spiro atoms. The summed E-state index contributed by atoms with van der Waals surface area (Å²) in [5.41, 5.74) is 1.51. The van der Waals surface area contributed by atoms with Crippen LogP contribution in [0.4, 0.5) is 0 Å². The van der Waals surface area contributed by atoms with Crippen molar-refractivity contribution in [2.24, 2.45) is 5.92 Å². The zero-order chi connectivity index (χ0) is 15.2. The molecule has 1 unspecified atom stereocenters. The second kappa shape index (κ2) is 6.99. The van der Waals surface area contributed by atoms with Gasteiger partial charge in [-0.25, -0.2) is 0 Å². The van der Waals surface area contributed by atoms with Crippen molar-refractivity contribution in [1.29, 1.82) is 0 Å². The third-order valence-electron chi connectivity index (χ3n) is 3.28. The van der Waals surface area contributed by atoms with Crippen LogP contribution < -0.4 is 5.32 Å². The maximum atomic E-state index is 12.0. The molecule has 1 amide bonds. The SMILES string of the molecule is CCn1cnnc1-c1ccc(C(=O)NCC(C)CO)cc1. The Hall–Kier alpha value is -2.21. The van der Waals surface area contributed by atoms with E-state index < -0.39 is 0 Å². The molecule has 1 atom stereocenters. The third-order valence-corrected chi connectivity index (χ3v) is 3.28. The molecule has 1 aromatic heterocycles. The molecule has 21 heavy (non-hydrogen) atoms. The van der Waals surface area contributed by atoms with Gasteiger partial charge in [0.25, 0.3) is 5.91 Å². The van der Waals surface area contributed by atoms with Crippen LogP contribution in [0.1, 0.15) is 24.2 Å². The molecule has 0 fully saturated rings. The van der Waals surface area contributed by atoms with E-state index >= 15 is 0 Å². The van der Waals surface area contributed by atoms with Crippen molar-refractivity contribution in [3.05, 3.63) is 36.2 Å². The minimum atomic E-state index is -0.140. The lowest BCUT2D eigenvalue weighted by atomic mass is 10.1. The van der Waals surface area contributed by atoms with Gasteiger partial charge in [-0.3, -0.25) is 4.79 Å². The summed E-state index contributed by atoms with van der Waals surface area (Å²) in [4.78, 5) is 12.0. The number of aromatic nitrogens is 3. The van der Waals surface area contributed by atoms with Crippen LogP contribution in [0.2, 0.25) is 0 Å². The first-order valence-electron chi connectivity index (χ1n) is 7.03. The highest BCUT2D eigenvalue weighted by molar-refractivity contribution is 5.94. The predicted molar refractivity (Wildman–Crippen MR) is 79.7 cm³/mol. The molecule has 112 valence electrons. The number of aliphatic hydroxyl groups excluding tert-OH is 1. The monoisotopic (exact) mass is 288 g/mol. The third kappa shape index (κ3) is 3.66. The van der Waals surface area contributed by atoms with Gasteiger partial charge in [-0.2, -0.15) is 0 Å². The van der Waals surface area contributed by atoms with Crippen LogP contribution >= 0.6 is 0 Å². The second-order valence-electron chi connectivity index (χ2n) is 5.02. The van der Waals surface area contributed by atoms with Gasteiger partial charge in [0, 0.05) is 30.8 Å². The molecule has 0 saturated heterocycles. The van der Waals surface area contributed by atoms with Crippen molar-refractivity contribution in [3.8, 4) is 11.4 Å². The fraction of sp³-hybridized carbons (Fsp3) is 0.400. The van der Waals surface area contributed by atoms with E-state index in [-0.39, 0.29) is 18.4 Å². The fourth-order valence-electron chi connectivity index (χ4n) is 1.91. The number of benzene rings is 1. The number of carbonyl (C=O) groups is 1. The molecular formula is C15H20N4O2. The molecule has 0 aliphatic carbocycles. The van der Waals surface area contributed by atoms with Crippen LogP contribution in [0.25, 0.3) is 11.4 Å². The number of rotatable bonds is 6. The summed E-state index contributed by atoms with van der Waals surface area (Å²) in [7, 11) is 0. The average molecular weight is 288 g/mol. The molecule has 6 nitrogen and oxygen atoms in total. The lowest BCUT2D eigenvalue weighted by Crippen LogP contribution is -2.29. The Morgan fingerprint density at radius 1 is 1.38 bits per heavy atom. The van der Waals surface area contributed by atoms with E-state index in [4.69, 9.17) is 5.11 Å². The molecule has 6 heteroatoms. The maximum absolute atomic E-state index is 12.0. The van der Waals surface area contributed by atoms with Gasteiger partial charge in [-0.15, -0.1) is 10.2 Å². The highest BCUT2D eigenvalue weighted by atomic mass is 16.3. The highest BCUT2D eigenvalue weighted by Crippen LogP contribution is 2.17. The Labute approximate surface area is 123 Å². The van der Waals surface area contributed by atoms with Gasteiger partial charge >= 0.3 is 0 Å². The van der Waals surface area contributed by atoms with Gasteiger partial charge in [-0.05, 0) is 25.0 Å². The number of hydrogen-bond donors (Lipinski definition) is 2. The van der Waals surface area contributed by atoms with Gasteiger partial charge < -0.3 is 15.0 Å². The molecule has 2 rings (SSSR count). The minimum Gasteiger partial charge on any atom is -0.396 e. The van der Waals surface area contributed by atoms with E-state index in [1.807, 2.05) is 30.5 Å². The lowest BCUT2D eigenvalue weighted by Gasteiger charge is -2.10. The molecule has 0 aliphatic heterocycles. The molecule has 1 heterocycles. The standard InChI is InChI=1S/C15H20N4O2/c1-3-19-10-17-18-14(19)12-4-6-13(7-5-12)15(21)16-8-11(2)9-20/h4-7,10-11,20H,3,8-9H2,1-2H3,(H,16,21). The summed E-state index contributed by atoms with van der Waals surface area (Å²) in [5.74, 6) is 0.702. The number of hydrogen-bond acceptors (Lipinski definition) is 4. The number of carbonyl (C=O) groups excluding carboxylic acids is 1. The summed E-state index contributed by atoms with van der Waals surface area (Å²) in [6, 6.07) is 7.26. The molecule has 0 saturated carbocycles. The molecule has 2 aromatic rings. The Balaban J connectivity index is 2.07. The van der Waals surface area contributed by atoms with Crippen LogP contribution in [0, 0.1) is 5.92 Å². The Morgan fingerprint density at radius 2 is 2.10 bits per heavy atom. The Morgan fingerprint density at radius 3 is 2.71 bits per heavy atom. The topological polar surface area (TPSA) is 80.0 Å². The van der Waals surface area contributed by atoms with Crippen molar-refractivity contribution in [2.75, 3.05) is 13.2 Å². The van der Waals surface area contributed by atoms with Gasteiger partial charge in [0.05, 0.1) is 0 Å². The molecule has 0 bridgehead atoms. The first-order valence-corrected chi connectivity index (χ1v) is 7.03. The van der Waals surface area contributed by atoms with E-state index in [0.29, 0.717) is 12.1 Å². The van der Waals surface area contributed by atoms with Crippen molar-refractivity contribution < 1.29 is 9.90 Å². The summed E-state index contributed by atoms with van der Waals surface area (Å²) < 4.78 is 1.94. The molecule has 2 N–H and O–H groups in total. The Bertz CT molecular complexity index is 592. The molecule has 1 aromatic carbocycles. The van der Waals surface area contributed by atoms with E-state index in [2.05, 4.69) is 15.5 Å². The van der Waals surface area contributed by atoms with Crippen LogP contribution in [-0.2, 0) is 6.54 Å². The fourth-order valence-corrected chi connectivity index (χ4v) is 1.91. The number of aryl methyl sites for hydroxylation is 1. The molecule has 0 aliphatic rings. The van der Waals surface area contributed by atoms with Gasteiger partial charge in [0.2, 0.25) is 0 Å². The normalized spacial score (nSPS) is 12.1. The summed E-state index contributed by atoms with van der Waals surface area (Å²) in [6.07, 6.45) is 1.69. The van der Waals surface area contributed by atoms with Crippen LogP contribution in [0.3, 0.4) is 0 Å². The van der Waals surface area contributed by atoms with Crippen LogP contribution in [0.15, 0.2) is 30.6 Å². The molecule has 0 radical (unpaired) electrons. The average Bonchev–Trinajstić information content (AvgIpc) is 3.00. The summed E-state index contributed by atoms with van der Waals surface area (Å²) in [5, 5.41) is 19.7. The zero-order valence-corrected chi connectivity index (χ0v) is 12.3. The predicted octanol–water partition coefficient (Wildman–Crippen LogP) is 1.32. The van der Waals surface area contributed by atoms with Crippen molar-refractivity contribution in [2.45, 2.75) is 20.4 Å². The van der Waals surface area contributed by atoms with E-state index in [0.717, 1.165) is 17.9 Å². The largest absolute Gasteiger partial charge is 0.396 e. The number of nitrogens with one attached hydrogen (secondary N) is 1. The van der Waals surface area contributed by atoms with E-state index in [1.165, 1.54) is 0 Å². The van der Waals surface area contributed by atoms with E-state index in [9.17, 15) is 4.79 Å². The minimum absolute atomic E-state index is 0.0522. The Kier molecular flexibility index (Phi) is 5.05. The van der Waals surface area contributed by atoms with Crippen molar-refractivity contribution in [1.82, 2.24) is 20.1 Å². The smallest absolute Gasteiger partial charge is 0.251 e. The molecular weight excluding hydrogens is 268 g/mol. The second-order valence-corrected chi connectivity index (χ2v) is 5.02. The lowest BCUT2D eigenvalue weighted by molar-refractivity contribution is 0.0942. The van der Waals surface area contributed by atoms with Gasteiger partial charge in [0.1, 0.15) is 6.33 Å². The first-order chi connectivity index (χ1) is 10.2. The first kappa shape index (κ1) is 15.2. The van der Waals surface area contributed by atoms with Gasteiger partial charge in [0.15, 0.2) is 5.82 Å². The number of aliphatic hydroxyl groups is 1. The highest BCUT2D eigenvalue weighted by Gasteiger charge is 2.10. The van der Waals surface area contributed by atoms with Crippen molar-refractivity contribution in [3.63, 3.8) is 0 Å². The van der Waals surface area contributed by atoms with Crippen LogP contribution in [-0.4, -0.2) is 38.9 Å². The number of amides is 1. The summed E-state index contributed by atoms with van der Waals surface area (Å²) in [6.45, 7) is 5.22. The van der Waals surface area contributed by atoms with Crippen molar-refractivity contribution >= 4 is 5.91 Å². The van der Waals surface area contributed by atoms with E-state index in [1.54, 1.807) is 18.5 Å². The van der Waals surface area contributed by atoms with Gasteiger partial charge in [-0.1, -0.05) is 19.1 Å². The summed E-state index contributed by atoms with van der Waals surface area (Å²) >= 11 is 0. The van der Waals surface area contributed by atoms with Crippen LogP contribution in [0.5, 0.6) is 0 Å². The zero-order valence-electron chi connectivity index (χ0n) is 12.3. The maximum Gasteiger partial charge on any atom is 0.251 e. The quantitative estimate of drug-likeness (QED) is 0.840.